The Morgan fingerprint density at radius 3 is 2.38 bits per heavy atom. The van der Waals surface area contributed by atoms with E-state index >= 15 is 0 Å². The van der Waals surface area contributed by atoms with Crippen molar-refractivity contribution in [3.8, 4) is 23.7 Å². The molecule has 1 aliphatic rings. The number of terminal acetylenes is 1. The van der Waals surface area contributed by atoms with E-state index in [-0.39, 0.29) is 108 Å². The number of aromatic amines is 1. The molecule has 388 valence electrons. The number of nitrogen functional groups attached to an aromatic ring is 2. The van der Waals surface area contributed by atoms with E-state index in [1.54, 1.807) is 30.9 Å². The first-order valence-electron chi connectivity index (χ1n) is 23.5. The topological polar surface area (TPSA) is 385 Å². The van der Waals surface area contributed by atoms with Crippen molar-refractivity contribution < 1.29 is 43.8 Å². The largest absolute Gasteiger partial charge is 0.480 e. The third-order valence-corrected chi connectivity index (χ3v) is 11.6. The Morgan fingerprint density at radius 1 is 0.932 bits per heavy atom. The van der Waals surface area contributed by atoms with E-state index in [4.69, 9.17) is 17.9 Å². The van der Waals surface area contributed by atoms with Crippen LogP contribution in [-0.2, 0) is 30.5 Å². The Kier molecular flexibility index (Phi) is 18.5. The van der Waals surface area contributed by atoms with Crippen LogP contribution in [0.25, 0.3) is 22.6 Å². The van der Waals surface area contributed by atoms with Crippen molar-refractivity contribution in [1.29, 1.82) is 0 Å². The number of carbonyl (C=O) groups excluding carboxylic acids is 6. The van der Waals surface area contributed by atoms with Crippen molar-refractivity contribution in [2.24, 2.45) is 5.92 Å². The Hall–Kier alpha value is -9.12. The van der Waals surface area contributed by atoms with Crippen molar-refractivity contribution in [3.63, 3.8) is 0 Å². The molecular formula is C48H57N17O9. The molecule has 0 spiro atoms. The van der Waals surface area contributed by atoms with Gasteiger partial charge in [0, 0.05) is 48.1 Å². The molecule has 2 aromatic carbocycles. The van der Waals surface area contributed by atoms with Crippen LogP contribution < -0.4 is 43.0 Å². The maximum absolute atomic E-state index is 13.5. The van der Waals surface area contributed by atoms with Crippen molar-refractivity contribution in [1.82, 2.24) is 66.7 Å². The first-order valence-corrected chi connectivity index (χ1v) is 23.5. The minimum atomic E-state index is -1.30. The van der Waals surface area contributed by atoms with Crippen LogP contribution in [0.5, 0.6) is 0 Å². The molecular weight excluding hydrogens is 959 g/mol. The van der Waals surface area contributed by atoms with Crippen LogP contribution in [0.3, 0.4) is 0 Å². The zero-order valence-electron chi connectivity index (χ0n) is 40.7. The fourth-order valence-corrected chi connectivity index (χ4v) is 7.70. The number of carboxylic acid groups (broad SMARTS) is 1. The molecule has 0 saturated heterocycles. The first-order chi connectivity index (χ1) is 35.4. The number of aliphatic hydroxyl groups excluding tert-OH is 1. The number of aliphatic hydroxyl groups is 1. The van der Waals surface area contributed by atoms with Gasteiger partial charge in [0.15, 0.2) is 17.0 Å². The van der Waals surface area contributed by atoms with Gasteiger partial charge >= 0.3 is 5.97 Å². The highest BCUT2D eigenvalue weighted by Gasteiger charge is 2.28. The summed E-state index contributed by atoms with van der Waals surface area (Å²) >= 11 is 0. The summed E-state index contributed by atoms with van der Waals surface area (Å²) in [5.41, 5.74) is 14.0. The number of nitrogens with two attached hydrogens (primary N) is 2. The molecule has 4 atom stereocenters. The summed E-state index contributed by atoms with van der Waals surface area (Å²) in [7, 11) is 0. The van der Waals surface area contributed by atoms with E-state index in [1.165, 1.54) is 60.5 Å². The lowest BCUT2D eigenvalue weighted by Gasteiger charge is -2.24. The van der Waals surface area contributed by atoms with E-state index in [9.17, 15) is 43.8 Å². The number of hydrogen-bond donors (Lipinski definition) is 10. The smallest absolute Gasteiger partial charge is 0.326 e. The van der Waals surface area contributed by atoms with Gasteiger partial charge in [-0.15, -0.1) is 16.6 Å². The molecule has 0 bridgehead atoms. The molecule has 0 radical (unpaired) electrons. The maximum atomic E-state index is 13.5. The Balaban J connectivity index is 0.976. The van der Waals surface area contributed by atoms with E-state index < -0.39 is 54.0 Å². The number of amides is 6. The number of tetrazole rings is 1. The number of anilines is 4. The molecule has 74 heavy (non-hydrogen) atoms. The fourth-order valence-electron chi connectivity index (χ4n) is 7.70. The Labute approximate surface area is 423 Å². The normalized spacial score (nSPS) is 14.2. The second-order valence-corrected chi connectivity index (χ2v) is 17.5. The van der Waals surface area contributed by atoms with E-state index in [2.05, 4.69) is 73.1 Å². The summed E-state index contributed by atoms with van der Waals surface area (Å²) < 4.78 is 0. The van der Waals surface area contributed by atoms with Gasteiger partial charge in [-0.25, -0.2) is 14.8 Å². The van der Waals surface area contributed by atoms with Crippen molar-refractivity contribution in [2.45, 2.75) is 90.2 Å². The molecule has 0 fully saturated rings. The van der Waals surface area contributed by atoms with Crippen molar-refractivity contribution in [3.05, 3.63) is 77.6 Å². The highest BCUT2D eigenvalue weighted by molar-refractivity contribution is 6.03. The van der Waals surface area contributed by atoms with Crippen LogP contribution in [0, 0.1) is 18.3 Å². The predicted octanol–water partition coefficient (Wildman–Crippen LogP) is 0.659. The minimum absolute atomic E-state index is 0.0125. The average molecular weight is 1020 g/mol. The zero-order valence-corrected chi connectivity index (χ0v) is 40.7. The van der Waals surface area contributed by atoms with Crippen molar-refractivity contribution in [2.75, 3.05) is 41.3 Å². The number of carboxylic acids is 1. The lowest BCUT2D eigenvalue weighted by molar-refractivity contribution is -0.139. The molecule has 1 unspecified atom stereocenters. The highest BCUT2D eigenvalue weighted by atomic mass is 16.4. The van der Waals surface area contributed by atoms with Gasteiger partial charge in [0.1, 0.15) is 24.4 Å². The summed E-state index contributed by atoms with van der Waals surface area (Å²) in [5, 5.41) is 47.0. The molecule has 26 nitrogen and oxygen atoms in total. The number of fused-ring (bicyclic) bond motifs is 1. The molecule has 0 aliphatic carbocycles. The molecule has 1 aliphatic heterocycles. The summed E-state index contributed by atoms with van der Waals surface area (Å²) in [4.78, 5) is 110. The molecule has 0 saturated carbocycles. The number of unbranched alkanes of at least 4 members (excludes halogenated alkanes) is 2. The molecule has 12 N–H and O–H groups in total. The van der Waals surface area contributed by atoms with E-state index in [0.29, 0.717) is 37.2 Å². The van der Waals surface area contributed by atoms with E-state index in [1.807, 2.05) is 0 Å². The summed E-state index contributed by atoms with van der Waals surface area (Å²) in [5.74, 6) is -1.95. The van der Waals surface area contributed by atoms with Gasteiger partial charge < -0.3 is 58.1 Å². The Bertz CT molecular complexity index is 2930. The van der Waals surface area contributed by atoms with Crippen molar-refractivity contribution >= 4 is 75.7 Å². The standard InChI is InChI=1S/C48H57N17O9/c1-5-21-64(25-30-24-52-42-39(54-30)40(49)58-48(50)59-42)31-15-12-28(13-16-31)44(70)56-34(47(73)74)10-9-20-51-45(71)32-17-14-29(23-33(32)41-60-62-63-61-41)55-43(69)27(4)53-46(72)38(26(2)3)57-35(66)11-7-6-8-22-65-36(67)18-19-37(65)68/h1,12-19,23-24,26-27,34,36,38,67H,6-11,20-22,25H2,2-4H3,(H,51,71)(H,53,72)(H,55,69)(H,56,70)(H,57,66)(H,73,74)(H,60,61,62,63)(H4,49,50,52,58,59)/t27-,34-,36?,38-/m0/s1. The number of aromatic nitrogens is 8. The molecule has 26 heteroatoms. The predicted molar refractivity (Wildman–Crippen MR) is 269 cm³/mol. The minimum Gasteiger partial charge on any atom is -0.480 e. The SMILES string of the molecule is C#CCN(Cc1cnc2nc(N)nc(N)c2n1)c1ccc(C(=O)N[C@@H](CCCNC(=O)c2ccc(NC(=O)[C@H](C)NC(=O)[C@@H](NC(=O)CCCCCN3C(=O)C=CC3O)C(C)C)cc2-c2nn[nH]n2)C(=O)O)cc1. The van der Waals surface area contributed by atoms with Gasteiger partial charge in [0.05, 0.1) is 30.5 Å². The second-order valence-electron chi connectivity index (χ2n) is 17.5. The van der Waals surface area contributed by atoms with Crippen LogP contribution in [-0.4, -0.2) is 141 Å². The summed E-state index contributed by atoms with van der Waals surface area (Å²) in [6.07, 6.45) is 10.9. The lowest BCUT2D eigenvalue weighted by atomic mass is 10.0. The van der Waals surface area contributed by atoms with Crippen LogP contribution in [0.1, 0.15) is 85.7 Å². The lowest BCUT2D eigenvalue weighted by Crippen LogP contribution is -2.53. The van der Waals surface area contributed by atoms with Gasteiger partial charge in [-0.3, -0.25) is 28.8 Å². The number of nitrogens with zero attached hydrogens (tertiary/aromatic N) is 9. The number of carbonyl (C=O) groups is 7. The highest BCUT2D eigenvalue weighted by Crippen LogP contribution is 2.25. The van der Waals surface area contributed by atoms with Gasteiger partial charge in [0.2, 0.25) is 35.4 Å². The summed E-state index contributed by atoms with van der Waals surface area (Å²) in [6.45, 7) is 5.73. The number of aliphatic carboxylic acids is 1. The van der Waals surface area contributed by atoms with Crippen LogP contribution in [0.4, 0.5) is 23.1 Å². The van der Waals surface area contributed by atoms with Crippen LogP contribution in [0.15, 0.2) is 60.8 Å². The summed E-state index contributed by atoms with van der Waals surface area (Å²) in [6, 6.07) is 7.40. The third-order valence-electron chi connectivity index (χ3n) is 11.6. The molecule has 4 heterocycles. The number of H-pyrrole nitrogens is 1. The third kappa shape index (κ3) is 14.5. The zero-order chi connectivity index (χ0) is 53.5. The molecule has 5 aromatic rings. The second kappa shape index (κ2) is 25.3. The van der Waals surface area contributed by atoms with Crippen LogP contribution in [0.2, 0.25) is 0 Å². The number of rotatable bonds is 25. The first kappa shape index (κ1) is 54.2. The number of nitrogens with one attached hydrogen (secondary N) is 6. The van der Waals surface area contributed by atoms with Gasteiger partial charge in [-0.1, -0.05) is 26.2 Å². The monoisotopic (exact) mass is 1020 g/mol. The van der Waals surface area contributed by atoms with Gasteiger partial charge in [-0.2, -0.15) is 15.2 Å². The molecule has 6 rings (SSSR count). The number of benzene rings is 2. The van der Waals surface area contributed by atoms with E-state index in [0.717, 1.165) is 0 Å². The van der Waals surface area contributed by atoms with Gasteiger partial charge in [0.25, 0.3) is 11.8 Å². The maximum Gasteiger partial charge on any atom is 0.326 e. The quantitative estimate of drug-likeness (QED) is 0.0283. The molecule has 3 aromatic heterocycles. The Morgan fingerprint density at radius 2 is 1.70 bits per heavy atom. The van der Waals surface area contributed by atoms with Crippen LogP contribution >= 0.6 is 0 Å². The van der Waals surface area contributed by atoms with Gasteiger partial charge in [-0.05, 0) is 92.3 Å². The fraction of sp³-hybridized carbons (Fsp3) is 0.375. The number of hydrogen-bond acceptors (Lipinski definition) is 18. The molecule has 6 amide bonds. The average Bonchev–Trinajstić information content (AvgIpc) is 4.03.